The minimum absolute atomic E-state index is 0.134. The minimum Gasteiger partial charge on any atom is -0.361 e. The van der Waals surface area contributed by atoms with Crippen LogP contribution in [0.3, 0.4) is 0 Å². The highest BCUT2D eigenvalue weighted by Crippen LogP contribution is 2.28. The smallest absolute Gasteiger partial charge is 0.279 e. The Hall–Kier alpha value is -2.68. The van der Waals surface area contributed by atoms with Gasteiger partial charge in [0, 0.05) is 11.8 Å². The van der Waals surface area contributed by atoms with Gasteiger partial charge in [0.1, 0.15) is 11.5 Å². The molecule has 1 saturated heterocycles. The van der Waals surface area contributed by atoms with Crippen molar-refractivity contribution in [1.82, 2.24) is 19.7 Å². The standard InChI is InChI=1S/C18H17F4N5/c19-17(20)11-4-5-16-24-8-13(27(16)9-11)12-2-1-3-15(25-12)26-14-6-7-23-10-18(14,21)22/h1-5,8-9,14,17,23H,6-7,10H2,(H,25,26)/t14-/m1/s1. The first kappa shape index (κ1) is 17.7. The Morgan fingerprint density at radius 2 is 2.07 bits per heavy atom. The summed E-state index contributed by atoms with van der Waals surface area (Å²) in [7, 11) is 0. The summed E-state index contributed by atoms with van der Waals surface area (Å²) in [5, 5.41) is 5.48. The molecule has 1 aliphatic heterocycles. The molecule has 1 aliphatic rings. The zero-order valence-electron chi connectivity index (χ0n) is 14.2. The summed E-state index contributed by atoms with van der Waals surface area (Å²) in [5.41, 5.74) is 1.33. The fraction of sp³-hybridized carbons (Fsp3) is 0.333. The summed E-state index contributed by atoms with van der Waals surface area (Å²) >= 11 is 0. The van der Waals surface area contributed by atoms with Crippen molar-refractivity contribution < 1.29 is 17.6 Å². The normalized spacial score (nSPS) is 19.5. The van der Waals surface area contributed by atoms with Crippen molar-refractivity contribution in [2.75, 3.05) is 18.4 Å². The molecule has 0 unspecified atom stereocenters. The quantitative estimate of drug-likeness (QED) is 0.678. The average molecular weight is 379 g/mol. The van der Waals surface area contributed by atoms with E-state index >= 15 is 0 Å². The van der Waals surface area contributed by atoms with Crippen LogP contribution in [0.2, 0.25) is 0 Å². The van der Waals surface area contributed by atoms with Crippen LogP contribution in [-0.4, -0.2) is 39.4 Å². The molecule has 0 bridgehead atoms. The molecule has 0 radical (unpaired) electrons. The highest BCUT2D eigenvalue weighted by Gasteiger charge is 2.41. The van der Waals surface area contributed by atoms with Crippen LogP contribution in [0.15, 0.2) is 42.7 Å². The van der Waals surface area contributed by atoms with Gasteiger partial charge in [-0.25, -0.2) is 27.5 Å². The minimum atomic E-state index is -2.88. The topological polar surface area (TPSA) is 54.2 Å². The molecule has 0 spiro atoms. The van der Waals surface area contributed by atoms with Gasteiger partial charge in [0.05, 0.1) is 30.2 Å². The molecule has 4 rings (SSSR count). The lowest BCUT2D eigenvalue weighted by Crippen LogP contribution is -2.52. The van der Waals surface area contributed by atoms with Crippen LogP contribution in [0.25, 0.3) is 17.0 Å². The lowest BCUT2D eigenvalue weighted by atomic mass is 10.0. The van der Waals surface area contributed by atoms with E-state index in [0.717, 1.165) is 0 Å². The van der Waals surface area contributed by atoms with Crippen molar-refractivity contribution >= 4 is 11.5 Å². The molecule has 4 heterocycles. The highest BCUT2D eigenvalue weighted by atomic mass is 19.3. The molecule has 1 atom stereocenters. The molecule has 142 valence electrons. The van der Waals surface area contributed by atoms with Crippen LogP contribution in [0, 0.1) is 0 Å². The van der Waals surface area contributed by atoms with E-state index < -0.39 is 18.4 Å². The first-order valence-electron chi connectivity index (χ1n) is 8.52. The van der Waals surface area contributed by atoms with Crippen LogP contribution >= 0.6 is 0 Å². The molecule has 2 N–H and O–H groups in total. The van der Waals surface area contributed by atoms with E-state index in [1.807, 2.05) is 0 Å². The van der Waals surface area contributed by atoms with E-state index in [9.17, 15) is 17.6 Å². The summed E-state index contributed by atoms with van der Waals surface area (Å²) in [5.74, 6) is -2.58. The van der Waals surface area contributed by atoms with Crippen LogP contribution < -0.4 is 10.6 Å². The van der Waals surface area contributed by atoms with Crippen molar-refractivity contribution in [2.45, 2.75) is 24.8 Å². The molecular formula is C18H17F4N5. The number of hydrogen-bond donors (Lipinski definition) is 2. The second-order valence-corrected chi connectivity index (χ2v) is 6.47. The Labute approximate surface area is 152 Å². The molecule has 9 heteroatoms. The van der Waals surface area contributed by atoms with E-state index in [4.69, 9.17) is 0 Å². The largest absolute Gasteiger partial charge is 0.361 e. The van der Waals surface area contributed by atoms with Crippen molar-refractivity contribution in [3.63, 3.8) is 0 Å². The molecule has 0 saturated carbocycles. The maximum Gasteiger partial charge on any atom is 0.279 e. The highest BCUT2D eigenvalue weighted by molar-refractivity contribution is 5.62. The van der Waals surface area contributed by atoms with E-state index in [1.165, 1.54) is 28.9 Å². The van der Waals surface area contributed by atoms with E-state index in [0.29, 0.717) is 29.4 Å². The average Bonchev–Trinajstić information content (AvgIpc) is 3.07. The number of imidazole rings is 1. The van der Waals surface area contributed by atoms with Crippen LogP contribution in [0.5, 0.6) is 0 Å². The number of nitrogens with one attached hydrogen (secondary N) is 2. The summed E-state index contributed by atoms with van der Waals surface area (Å²) in [6, 6.07) is 6.78. The summed E-state index contributed by atoms with van der Waals surface area (Å²) in [6.45, 7) is 0.116. The van der Waals surface area contributed by atoms with Gasteiger partial charge in [-0.15, -0.1) is 0 Å². The number of piperidine rings is 1. The van der Waals surface area contributed by atoms with Gasteiger partial charge in [-0.2, -0.15) is 0 Å². The van der Waals surface area contributed by atoms with Crippen molar-refractivity contribution in [3.05, 3.63) is 48.3 Å². The Morgan fingerprint density at radius 3 is 2.85 bits per heavy atom. The fourth-order valence-electron chi connectivity index (χ4n) is 3.17. The third kappa shape index (κ3) is 3.46. The van der Waals surface area contributed by atoms with E-state index in [2.05, 4.69) is 20.6 Å². The number of aromatic nitrogens is 3. The zero-order valence-corrected chi connectivity index (χ0v) is 14.2. The number of pyridine rings is 2. The molecule has 0 aliphatic carbocycles. The van der Waals surface area contributed by atoms with Gasteiger partial charge >= 0.3 is 0 Å². The lowest BCUT2D eigenvalue weighted by Gasteiger charge is -2.32. The third-order valence-corrected chi connectivity index (χ3v) is 4.59. The van der Waals surface area contributed by atoms with Gasteiger partial charge in [0.2, 0.25) is 0 Å². The summed E-state index contributed by atoms with van der Waals surface area (Å²) in [6.07, 6.45) is 0.500. The number of alkyl halides is 4. The van der Waals surface area contributed by atoms with Crippen LogP contribution in [-0.2, 0) is 0 Å². The number of halogens is 4. The first-order valence-corrected chi connectivity index (χ1v) is 8.52. The third-order valence-electron chi connectivity index (χ3n) is 4.59. The van der Waals surface area contributed by atoms with Crippen molar-refractivity contribution in [2.24, 2.45) is 0 Å². The molecule has 3 aromatic heterocycles. The Morgan fingerprint density at radius 1 is 1.22 bits per heavy atom. The molecule has 0 amide bonds. The molecule has 5 nitrogen and oxygen atoms in total. The van der Waals surface area contributed by atoms with Gasteiger partial charge in [0.15, 0.2) is 0 Å². The van der Waals surface area contributed by atoms with Crippen LogP contribution in [0.1, 0.15) is 18.4 Å². The summed E-state index contributed by atoms with van der Waals surface area (Å²) < 4.78 is 55.6. The number of anilines is 1. The van der Waals surface area contributed by atoms with Gasteiger partial charge in [-0.1, -0.05) is 6.07 Å². The lowest BCUT2D eigenvalue weighted by molar-refractivity contribution is -0.0322. The van der Waals surface area contributed by atoms with Crippen molar-refractivity contribution in [1.29, 1.82) is 0 Å². The monoisotopic (exact) mass is 379 g/mol. The number of hydrogen-bond acceptors (Lipinski definition) is 4. The molecule has 0 aromatic carbocycles. The maximum atomic E-state index is 14.0. The Kier molecular flexibility index (Phi) is 4.47. The second-order valence-electron chi connectivity index (χ2n) is 6.47. The SMILES string of the molecule is FC(F)c1ccc2ncc(-c3cccc(N[C@@H]4CCNCC4(F)F)n3)n2c1. The molecule has 3 aromatic rings. The maximum absolute atomic E-state index is 14.0. The number of rotatable bonds is 4. The number of nitrogens with zero attached hydrogens (tertiary/aromatic N) is 3. The number of fused-ring (bicyclic) bond motifs is 1. The second kappa shape index (κ2) is 6.80. The Balaban J connectivity index is 1.66. The predicted octanol–water partition coefficient (Wildman–Crippen LogP) is 3.74. The summed E-state index contributed by atoms with van der Waals surface area (Å²) in [4.78, 5) is 8.58. The predicted molar refractivity (Wildman–Crippen MR) is 93.2 cm³/mol. The van der Waals surface area contributed by atoms with Crippen LogP contribution in [0.4, 0.5) is 23.4 Å². The fourth-order valence-corrected chi connectivity index (χ4v) is 3.17. The molecular weight excluding hydrogens is 362 g/mol. The first-order chi connectivity index (χ1) is 12.9. The zero-order chi connectivity index (χ0) is 19.0. The van der Waals surface area contributed by atoms with E-state index in [-0.39, 0.29) is 18.5 Å². The molecule has 1 fully saturated rings. The van der Waals surface area contributed by atoms with Gasteiger partial charge < -0.3 is 10.6 Å². The van der Waals surface area contributed by atoms with Gasteiger partial charge in [0.25, 0.3) is 12.3 Å². The van der Waals surface area contributed by atoms with Gasteiger partial charge in [-0.05, 0) is 37.2 Å². The Bertz CT molecular complexity index is 956. The molecule has 27 heavy (non-hydrogen) atoms. The van der Waals surface area contributed by atoms with Gasteiger partial charge in [-0.3, -0.25) is 4.40 Å². The van der Waals surface area contributed by atoms with Crippen molar-refractivity contribution in [3.8, 4) is 11.4 Å². The van der Waals surface area contributed by atoms with E-state index in [1.54, 1.807) is 18.2 Å².